The van der Waals surface area contributed by atoms with Crippen LogP contribution in [-0.4, -0.2) is 26.5 Å². The quantitative estimate of drug-likeness (QED) is 0.728. The summed E-state index contributed by atoms with van der Waals surface area (Å²) in [5.74, 6) is 6.22. The van der Waals surface area contributed by atoms with Gasteiger partial charge in [0.1, 0.15) is 6.33 Å². The molecule has 0 bridgehead atoms. The van der Waals surface area contributed by atoms with Gasteiger partial charge in [-0.15, -0.1) is 5.10 Å². The standard InChI is InChI=1S/C19H14F3N3O/c20-19(21,22)16-8-10-17(11-9-16)25-13-23-18(24-25)15-6-4-14(5-7-15)3-1-2-12-26/h4-11,13,26H,2,12H2. The molecule has 132 valence electrons. The van der Waals surface area contributed by atoms with Crippen LogP contribution in [0.3, 0.4) is 0 Å². The van der Waals surface area contributed by atoms with E-state index >= 15 is 0 Å². The highest BCUT2D eigenvalue weighted by Crippen LogP contribution is 2.29. The maximum Gasteiger partial charge on any atom is 0.416 e. The first-order chi connectivity index (χ1) is 12.5. The number of hydrogen-bond donors (Lipinski definition) is 1. The molecule has 3 aromatic rings. The van der Waals surface area contributed by atoms with Gasteiger partial charge in [0.25, 0.3) is 0 Å². The molecular weight excluding hydrogens is 343 g/mol. The largest absolute Gasteiger partial charge is 0.416 e. The third kappa shape index (κ3) is 4.10. The van der Waals surface area contributed by atoms with Gasteiger partial charge in [-0.1, -0.05) is 11.8 Å². The SMILES string of the molecule is OCCC#Cc1ccc(-c2ncn(-c3ccc(C(F)(F)F)cc3)n2)cc1. The number of halogens is 3. The molecule has 0 unspecified atom stereocenters. The fourth-order valence-corrected chi connectivity index (χ4v) is 2.25. The van der Waals surface area contributed by atoms with E-state index in [1.54, 1.807) is 0 Å². The van der Waals surface area contributed by atoms with Crippen molar-refractivity contribution in [2.24, 2.45) is 0 Å². The van der Waals surface area contributed by atoms with Crippen molar-refractivity contribution >= 4 is 0 Å². The van der Waals surface area contributed by atoms with Crippen molar-refractivity contribution < 1.29 is 18.3 Å². The summed E-state index contributed by atoms with van der Waals surface area (Å²) < 4.78 is 39.3. The molecule has 0 radical (unpaired) electrons. The fraction of sp³-hybridized carbons (Fsp3) is 0.158. The predicted molar refractivity (Wildman–Crippen MR) is 90.4 cm³/mol. The van der Waals surface area contributed by atoms with Crippen molar-refractivity contribution in [3.05, 3.63) is 66.0 Å². The van der Waals surface area contributed by atoms with Gasteiger partial charge >= 0.3 is 6.18 Å². The molecule has 0 aliphatic rings. The Labute approximate surface area is 147 Å². The van der Waals surface area contributed by atoms with Crippen LogP contribution in [-0.2, 0) is 6.18 Å². The van der Waals surface area contributed by atoms with E-state index in [0.717, 1.165) is 23.3 Å². The molecule has 1 aromatic heterocycles. The molecule has 4 nitrogen and oxygen atoms in total. The first kappa shape index (κ1) is 17.7. The lowest BCUT2D eigenvalue weighted by Crippen LogP contribution is -2.05. The summed E-state index contributed by atoms with van der Waals surface area (Å²) in [6.45, 7) is 0.0242. The van der Waals surface area contributed by atoms with E-state index in [9.17, 15) is 13.2 Å². The summed E-state index contributed by atoms with van der Waals surface area (Å²) in [6, 6.07) is 12.0. The Morgan fingerprint density at radius 2 is 1.69 bits per heavy atom. The third-order valence-corrected chi connectivity index (χ3v) is 3.56. The molecule has 0 saturated heterocycles. The monoisotopic (exact) mass is 357 g/mol. The second kappa shape index (κ2) is 7.42. The van der Waals surface area contributed by atoms with Crippen LogP contribution in [0.4, 0.5) is 13.2 Å². The van der Waals surface area contributed by atoms with E-state index in [1.165, 1.54) is 23.1 Å². The highest BCUT2D eigenvalue weighted by Gasteiger charge is 2.30. The summed E-state index contributed by atoms with van der Waals surface area (Å²) in [6.07, 6.45) is -2.50. The second-order valence-electron chi connectivity index (χ2n) is 5.41. The van der Waals surface area contributed by atoms with Crippen LogP contribution < -0.4 is 0 Å². The number of aliphatic hydroxyl groups excluding tert-OH is 1. The number of aliphatic hydroxyl groups is 1. The molecule has 0 spiro atoms. The van der Waals surface area contributed by atoms with Gasteiger partial charge in [0.15, 0.2) is 5.82 Å². The van der Waals surface area contributed by atoms with E-state index in [-0.39, 0.29) is 6.61 Å². The summed E-state index contributed by atoms with van der Waals surface area (Å²) in [7, 11) is 0. The first-order valence-electron chi connectivity index (χ1n) is 7.77. The zero-order chi connectivity index (χ0) is 18.6. The molecule has 0 aliphatic carbocycles. The lowest BCUT2D eigenvalue weighted by atomic mass is 10.1. The van der Waals surface area contributed by atoms with Crippen LogP contribution in [0, 0.1) is 11.8 Å². The topological polar surface area (TPSA) is 50.9 Å². The van der Waals surface area contributed by atoms with Gasteiger partial charge in [-0.2, -0.15) is 13.2 Å². The molecule has 1 N–H and O–H groups in total. The van der Waals surface area contributed by atoms with E-state index in [2.05, 4.69) is 21.9 Å². The maximum atomic E-state index is 12.6. The minimum Gasteiger partial charge on any atom is -0.395 e. The van der Waals surface area contributed by atoms with Gasteiger partial charge in [0.05, 0.1) is 17.9 Å². The van der Waals surface area contributed by atoms with E-state index in [4.69, 9.17) is 5.11 Å². The Morgan fingerprint density at radius 3 is 2.31 bits per heavy atom. The smallest absolute Gasteiger partial charge is 0.395 e. The van der Waals surface area contributed by atoms with Crippen LogP contribution in [0.2, 0.25) is 0 Å². The van der Waals surface area contributed by atoms with Crippen LogP contribution in [0.15, 0.2) is 54.9 Å². The third-order valence-electron chi connectivity index (χ3n) is 3.56. The van der Waals surface area contributed by atoms with Crippen molar-refractivity contribution in [3.63, 3.8) is 0 Å². The number of benzene rings is 2. The summed E-state index contributed by atoms with van der Waals surface area (Å²) >= 11 is 0. The zero-order valence-corrected chi connectivity index (χ0v) is 13.5. The molecule has 0 fully saturated rings. The number of alkyl halides is 3. The summed E-state index contributed by atoms with van der Waals surface area (Å²) in [5, 5.41) is 13.0. The number of aromatic nitrogens is 3. The number of nitrogens with zero attached hydrogens (tertiary/aromatic N) is 3. The molecule has 26 heavy (non-hydrogen) atoms. The van der Waals surface area contributed by atoms with E-state index in [0.29, 0.717) is 17.9 Å². The van der Waals surface area contributed by atoms with Gasteiger partial charge in [-0.3, -0.25) is 0 Å². The van der Waals surface area contributed by atoms with Gasteiger partial charge in [0.2, 0.25) is 0 Å². The summed E-state index contributed by atoms with van der Waals surface area (Å²) in [5.41, 5.74) is 1.36. The molecule has 0 atom stereocenters. The van der Waals surface area contributed by atoms with Crippen molar-refractivity contribution in [1.29, 1.82) is 0 Å². The van der Waals surface area contributed by atoms with Crippen molar-refractivity contribution in [3.8, 4) is 28.9 Å². The average molecular weight is 357 g/mol. The van der Waals surface area contributed by atoms with E-state index in [1.807, 2.05) is 24.3 Å². The van der Waals surface area contributed by atoms with Gasteiger partial charge < -0.3 is 5.11 Å². The molecule has 0 amide bonds. The number of hydrogen-bond acceptors (Lipinski definition) is 3. The molecule has 7 heteroatoms. The zero-order valence-electron chi connectivity index (χ0n) is 13.5. The van der Waals surface area contributed by atoms with Crippen LogP contribution in [0.1, 0.15) is 17.5 Å². The van der Waals surface area contributed by atoms with Gasteiger partial charge in [-0.25, -0.2) is 9.67 Å². The Balaban J connectivity index is 1.78. The Kier molecular flexibility index (Phi) is 5.05. The second-order valence-corrected chi connectivity index (χ2v) is 5.41. The molecule has 2 aromatic carbocycles. The molecule has 1 heterocycles. The normalized spacial score (nSPS) is 11.1. The Hall–Kier alpha value is -3.11. The molecule has 3 rings (SSSR count). The molecular formula is C19H14F3N3O. The minimum absolute atomic E-state index is 0.0242. The Bertz CT molecular complexity index is 933. The van der Waals surface area contributed by atoms with Crippen molar-refractivity contribution in [2.45, 2.75) is 12.6 Å². The van der Waals surface area contributed by atoms with Crippen molar-refractivity contribution in [1.82, 2.24) is 14.8 Å². The number of rotatable bonds is 3. The van der Waals surface area contributed by atoms with Crippen LogP contribution >= 0.6 is 0 Å². The van der Waals surface area contributed by atoms with Crippen LogP contribution in [0.25, 0.3) is 17.1 Å². The first-order valence-corrected chi connectivity index (χ1v) is 7.77. The highest BCUT2D eigenvalue weighted by atomic mass is 19.4. The molecule has 0 saturated carbocycles. The van der Waals surface area contributed by atoms with Crippen LogP contribution in [0.5, 0.6) is 0 Å². The lowest BCUT2D eigenvalue weighted by Gasteiger charge is -2.07. The fourth-order valence-electron chi connectivity index (χ4n) is 2.25. The van der Waals surface area contributed by atoms with E-state index < -0.39 is 11.7 Å². The minimum atomic E-state index is -4.37. The predicted octanol–water partition coefficient (Wildman–Crippen LogP) is 3.69. The molecule has 0 aliphatic heterocycles. The average Bonchev–Trinajstić information content (AvgIpc) is 3.12. The van der Waals surface area contributed by atoms with Crippen molar-refractivity contribution in [2.75, 3.05) is 6.61 Å². The lowest BCUT2D eigenvalue weighted by molar-refractivity contribution is -0.137. The highest BCUT2D eigenvalue weighted by molar-refractivity contribution is 5.56. The Morgan fingerprint density at radius 1 is 1.00 bits per heavy atom. The van der Waals surface area contributed by atoms with Gasteiger partial charge in [0, 0.05) is 17.5 Å². The summed E-state index contributed by atoms with van der Waals surface area (Å²) in [4.78, 5) is 4.20. The maximum absolute atomic E-state index is 12.6. The van der Waals surface area contributed by atoms with Gasteiger partial charge in [-0.05, 0) is 48.5 Å².